The lowest BCUT2D eigenvalue weighted by Crippen LogP contribution is -2.34. The van der Waals surface area contributed by atoms with Gasteiger partial charge >= 0.3 is 6.09 Å². The normalized spacial score (nSPS) is 11.4. The number of nitriles is 1. The average molecular weight is 422 g/mol. The van der Waals surface area contributed by atoms with Crippen molar-refractivity contribution in [3.8, 4) is 6.07 Å². The molecule has 1 unspecified atom stereocenters. The van der Waals surface area contributed by atoms with Gasteiger partial charge in [0.25, 0.3) is 5.91 Å². The second-order valence-electron chi connectivity index (χ2n) is 6.79. The van der Waals surface area contributed by atoms with Crippen LogP contribution in [0.1, 0.15) is 69.7 Å². The Morgan fingerprint density at radius 3 is 2.28 bits per heavy atom. The molecule has 0 aliphatic heterocycles. The molecule has 1 aromatic rings. The highest BCUT2D eigenvalue weighted by Crippen LogP contribution is 2.20. The average Bonchev–Trinajstić information content (AvgIpc) is 2.73. The molecule has 0 aromatic heterocycles. The molecule has 6 nitrogen and oxygen atoms in total. The number of benzene rings is 1. The van der Waals surface area contributed by atoms with Gasteiger partial charge in [-0.2, -0.15) is 5.26 Å². The van der Waals surface area contributed by atoms with Crippen molar-refractivity contribution in [3.63, 3.8) is 0 Å². The van der Waals surface area contributed by atoms with E-state index in [1.54, 1.807) is 29.2 Å². The van der Waals surface area contributed by atoms with Crippen LogP contribution < -0.4 is 4.90 Å². The van der Waals surface area contributed by atoms with Gasteiger partial charge in [0, 0.05) is 24.3 Å². The van der Waals surface area contributed by atoms with E-state index >= 15 is 0 Å². The number of ether oxygens (including phenoxy) is 1. The Labute approximate surface area is 179 Å². The lowest BCUT2D eigenvalue weighted by molar-refractivity contribution is 0.0773. The van der Waals surface area contributed by atoms with Gasteiger partial charge in [-0.05, 0) is 51.0 Å². The van der Waals surface area contributed by atoms with Crippen LogP contribution in [0.25, 0.3) is 0 Å². The number of rotatable bonds is 12. The Morgan fingerprint density at radius 1 is 1.10 bits per heavy atom. The first-order valence-corrected chi connectivity index (χ1v) is 10.9. The van der Waals surface area contributed by atoms with Gasteiger partial charge in [-0.3, -0.25) is 9.69 Å². The Kier molecular flexibility index (Phi) is 11.8. The van der Waals surface area contributed by atoms with E-state index in [1.165, 1.54) is 4.90 Å². The third-order valence-corrected chi connectivity index (χ3v) is 5.02. The van der Waals surface area contributed by atoms with Crippen LogP contribution in [0.3, 0.4) is 0 Å². The summed E-state index contributed by atoms with van der Waals surface area (Å²) in [5, 5.41) is 9.02. The van der Waals surface area contributed by atoms with E-state index in [2.05, 4.69) is 13.0 Å². The molecular formula is C22H32ClN3O3. The van der Waals surface area contributed by atoms with Crippen LogP contribution in [0.4, 0.5) is 10.5 Å². The van der Waals surface area contributed by atoms with Crippen molar-refractivity contribution in [1.29, 1.82) is 5.26 Å². The van der Waals surface area contributed by atoms with Gasteiger partial charge in [-0.1, -0.05) is 26.2 Å². The van der Waals surface area contributed by atoms with E-state index in [9.17, 15) is 9.59 Å². The van der Waals surface area contributed by atoms with E-state index in [0.717, 1.165) is 25.7 Å². The van der Waals surface area contributed by atoms with E-state index < -0.39 is 12.2 Å². The summed E-state index contributed by atoms with van der Waals surface area (Å²) >= 11 is 5.99. The molecule has 0 N–H and O–H groups in total. The Morgan fingerprint density at radius 2 is 1.76 bits per heavy atom. The number of hydrogen-bond donors (Lipinski definition) is 0. The smallest absolute Gasteiger partial charge is 0.415 e. The van der Waals surface area contributed by atoms with Gasteiger partial charge in [0.05, 0.1) is 12.5 Å². The minimum Gasteiger partial charge on any atom is -0.445 e. The maximum atomic E-state index is 12.6. The molecule has 0 bridgehead atoms. The fraction of sp³-hybridized carbons (Fsp3) is 0.591. The largest absolute Gasteiger partial charge is 0.445 e. The van der Waals surface area contributed by atoms with Crippen molar-refractivity contribution in [2.75, 3.05) is 24.0 Å². The second-order valence-corrected chi connectivity index (χ2v) is 7.03. The van der Waals surface area contributed by atoms with Crippen LogP contribution in [0.2, 0.25) is 0 Å². The standard InChI is InChI=1S/C22H32ClN3O3/c1-4-7-8-9-10-20(15-16-24)29-22(28)26(17-23)19-13-11-18(12-14-19)21(27)25(5-2)6-3/h11-14,20H,4-10,15,17H2,1-3H3. The molecule has 0 aliphatic rings. The van der Waals surface area contributed by atoms with Gasteiger partial charge in [0.2, 0.25) is 0 Å². The van der Waals surface area contributed by atoms with Crippen molar-refractivity contribution < 1.29 is 14.3 Å². The first kappa shape index (κ1) is 24.8. The summed E-state index contributed by atoms with van der Waals surface area (Å²) in [4.78, 5) is 28.0. The zero-order chi connectivity index (χ0) is 21.6. The topological polar surface area (TPSA) is 73.6 Å². The van der Waals surface area contributed by atoms with Crippen molar-refractivity contribution in [2.45, 2.75) is 65.4 Å². The minimum absolute atomic E-state index is 0.0530. The summed E-state index contributed by atoms with van der Waals surface area (Å²) in [5.41, 5.74) is 1.10. The molecular weight excluding hydrogens is 390 g/mol. The monoisotopic (exact) mass is 421 g/mol. The van der Waals surface area contributed by atoms with Gasteiger partial charge in [0.15, 0.2) is 0 Å². The second kappa shape index (κ2) is 13.8. The predicted octanol–water partition coefficient (Wildman–Crippen LogP) is 5.56. The molecule has 1 atom stereocenters. The van der Waals surface area contributed by atoms with Crippen LogP contribution in [0.5, 0.6) is 0 Å². The number of unbranched alkanes of at least 4 members (excludes halogenated alkanes) is 3. The number of amides is 2. The number of carbonyl (C=O) groups is 2. The maximum Gasteiger partial charge on any atom is 0.415 e. The van der Waals surface area contributed by atoms with E-state index in [0.29, 0.717) is 30.8 Å². The van der Waals surface area contributed by atoms with Crippen LogP contribution in [-0.4, -0.2) is 42.1 Å². The van der Waals surface area contributed by atoms with Crippen LogP contribution in [0.15, 0.2) is 24.3 Å². The first-order chi connectivity index (χ1) is 14.0. The number of hydrogen-bond acceptors (Lipinski definition) is 4. The molecule has 0 saturated heterocycles. The molecule has 0 saturated carbocycles. The molecule has 7 heteroatoms. The highest BCUT2D eigenvalue weighted by atomic mass is 35.5. The molecule has 0 aliphatic carbocycles. The van der Waals surface area contributed by atoms with E-state index in [4.69, 9.17) is 21.6 Å². The number of nitrogens with zero attached hydrogens (tertiary/aromatic N) is 3. The summed E-state index contributed by atoms with van der Waals surface area (Å²) in [5.74, 6) is -0.0530. The Bertz CT molecular complexity index is 669. The quantitative estimate of drug-likeness (QED) is 0.251. The van der Waals surface area contributed by atoms with Crippen LogP contribution >= 0.6 is 11.6 Å². The lowest BCUT2D eigenvalue weighted by Gasteiger charge is -2.23. The third kappa shape index (κ3) is 7.94. The highest BCUT2D eigenvalue weighted by Gasteiger charge is 2.22. The molecule has 0 fully saturated rings. The van der Waals surface area contributed by atoms with Gasteiger partial charge in [-0.25, -0.2) is 4.79 Å². The van der Waals surface area contributed by atoms with Crippen LogP contribution in [-0.2, 0) is 4.74 Å². The summed E-state index contributed by atoms with van der Waals surface area (Å²) in [6, 6.07) is 8.72. The lowest BCUT2D eigenvalue weighted by atomic mass is 10.1. The van der Waals surface area contributed by atoms with E-state index in [-0.39, 0.29) is 18.3 Å². The van der Waals surface area contributed by atoms with Crippen molar-refractivity contribution in [1.82, 2.24) is 4.90 Å². The number of alkyl halides is 1. The molecule has 160 valence electrons. The van der Waals surface area contributed by atoms with Crippen molar-refractivity contribution in [3.05, 3.63) is 29.8 Å². The number of halogens is 1. The Balaban J connectivity index is 2.80. The first-order valence-electron chi connectivity index (χ1n) is 10.3. The fourth-order valence-corrected chi connectivity index (χ4v) is 3.25. The highest BCUT2D eigenvalue weighted by molar-refractivity contribution is 6.21. The summed E-state index contributed by atoms with van der Waals surface area (Å²) < 4.78 is 5.53. The summed E-state index contributed by atoms with van der Waals surface area (Å²) in [7, 11) is 0. The summed E-state index contributed by atoms with van der Waals surface area (Å²) in [6.45, 7) is 7.26. The molecule has 1 aromatic carbocycles. The van der Waals surface area contributed by atoms with Crippen molar-refractivity contribution >= 4 is 29.3 Å². The SMILES string of the molecule is CCCCCCC(CC#N)OC(=O)N(CCl)c1ccc(C(=O)N(CC)CC)cc1. The Hall–Kier alpha value is -2.26. The maximum absolute atomic E-state index is 12.6. The third-order valence-electron chi connectivity index (χ3n) is 4.78. The summed E-state index contributed by atoms with van der Waals surface area (Å²) in [6.07, 6.45) is 4.00. The minimum atomic E-state index is -0.585. The number of carbonyl (C=O) groups excluding carboxylic acids is 2. The fourth-order valence-electron chi connectivity index (χ4n) is 3.01. The molecule has 29 heavy (non-hydrogen) atoms. The zero-order valence-corrected chi connectivity index (χ0v) is 18.5. The number of anilines is 1. The predicted molar refractivity (Wildman–Crippen MR) is 116 cm³/mol. The molecule has 0 heterocycles. The van der Waals surface area contributed by atoms with Crippen molar-refractivity contribution in [2.24, 2.45) is 0 Å². The van der Waals surface area contributed by atoms with Gasteiger partial charge < -0.3 is 9.64 Å². The van der Waals surface area contributed by atoms with Crippen LogP contribution in [0, 0.1) is 11.3 Å². The van der Waals surface area contributed by atoms with Gasteiger partial charge in [0.1, 0.15) is 12.1 Å². The molecule has 1 rings (SSSR count). The molecule has 0 radical (unpaired) electrons. The zero-order valence-electron chi connectivity index (χ0n) is 17.7. The molecule has 2 amide bonds. The van der Waals surface area contributed by atoms with E-state index in [1.807, 2.05) is 13.8 Å². The molecule has 0 spiro atoms. The van der Waals surface area contributed by atoms with Gasteiger partial charge in [-0.15, -0.1) is 11.6 Å².